The number of hydrogen-bond donors (Lipinski definition) is 2. The Hall–Kier alpha value is -1.51. The van der Waals surface area contributed by atoms with Crippen molar-refractivity contribution in [3.05, 3.63) is 65.2 Å². The number of anilines is 1. The summed E-state index contributed by atoms with van der Waals surface area (Å²) < 4.78 is 0. The first-order valence-corrected chi connectivity index (χ1v) is 8.44. The van der Waals surface area contributed by atoms with Gasteiger partial charge >= 0.3 is 0 Å². The minimum atomic E-state index is 0. The predicted octanol–water partition coefficient (Wildman–Crippen LogP) is 4.40. The van der Waals surface area contributed by atoms with Gasteiger partial charge in [0.15, 0.2) is 0 Å². The van der Waals surface area contributed by atoms with E-state index in [0.29, 0.717) is 5.92 Å². The molecule has 23 heavy (non-hydrogen) atoms. The van der Waals surface area contributed by atoms with Crippen LogP contribution in [-0.4, -0.2) is 19.6 Å². The maximum Gasteiger partial charge on any atom is 0.0343 e. The second kappa shape index (κ2) is 8.95. The van der Waals surface area contributed by atoms with Crippen LogP contribution in [0, 0.1) is 0 Å². The zero-order chi connectivity index (χ0) is 15.2. The van der Waals surface area contributed by atoms with Crippen LogP contribution in [0.4, 0.5) is 5.69 Å². The van der Waals surface area contributed by atoms with Gasteiger partial charge in [0.2, 0.25) is 0 Å². The first-order valence-electron chi connectivity index (χ1n) is 8.44. The molecule has 2 aromatic carbocycles. The molecule has 0 fully saturated rings. The second-order valence-electron chi connectivity index (χ2n) is 6.28. The third kappa shape index (κ3) is 4.98. The highest BCUT2D eigenvalue weighted by Gasteiger charge is 2.14. The van der Waals surface area contributed by atoms with Gasteiger partial charge in [-0.25, -0.2) is 0 Å². The summed E-state index contributed by atoms with van der Waals surface area (Å²) in [5.41, 5.74) is 5.71. The third-order valence-electron chi connectivity index (χ3n) is 4.51. The van der Waals surface area contributed by atoms with Gasteiger partial charge < -0.3 is 10.6 Å². The molecule has 0 aliphatic carbocycles. The van der Waals surface area contributed by atoms with Crippen molar-refractivity contribution in [2.75, 3.05) is 25.0 Å². The number of halogens is 1. The summed E-state index contributed by atoms with van der Waals surface area (Å²) >= 11 is 0. The van der Waals surface area contributed by atoms with E-state index in [1.807, 2.05) is 0 Å². The fourth-order valence-corrected chi connectivity index (χ4v) is 3.21. The van der Waals surface area contributed by atoms with E-state index >= 15 is 0 Å². The lowest BCUT2D eigenvalue weighted by atomic mass is 9.95. The van der Waals surface area contributed by atoms with E-state index in [4.69, 9.17) is 0 Å². The predicted molar refractivity (Wildman–Crippen MR) is 102 cm³/mol. The van der Waals surface area contributed by atoms with E-state index in [-0.39, 0.29) is 12.4 Å². The number of benzene rings is 2. The molecule has 0 aromatic heterocycles. The summed E-state index contributed by atoms with van der Waals surface area (Å²) in [6.45, 7) is 5.53. The topological polar surface area (TPSA) is 24.1 Å². The Bertz CT molecular complexity index is 598. The summed E-state index contributed by atoms with van der Waals surface area (Å²) in [4.78, 5) is 0. The van der Waals surface area contributed by atoms with Crippen molar-refractivity contribution in [3.8, 4) is 0 Å². The Morgan fingerprint density at radius 3 is 2.78 bits per heavy atom. The van der Waals surface area contributed by atoms with Gasteiger partial charge in [-0.3, -0.25) is 0 Å². The van der Waals surface area contributed by atoms with Crippen molar-refractivity contribution < 1.29 is 0 Å². The first kappa shape index (κ1) is 17.8. The normalized spacial score (nSPS) is 16.8. The fraction of sp³-hybridized carbons (Fsp3) is 0.400. The highest BCUT2D eigenvalue weighted by molar-refractivity contribution is 5.85. The quantitative estimate of drug-likeness (QED) is 0.794. The Labute approximate surface area is 146 Å². The molecule has 0 spiro atoms. The maximum atomic E-state index is 3.59. The molecule has 124 valence electrons. The molecule has 0 amide bonds. The van der Waals surface area contributed by atoms with E-state index in [1.54, 1.807) is 0 Å². The second-order valence-corrected chi connectivity index (χ2v) is 6.28. The van der Waals surface area contributed by atoms with E-state index in [2.05, 4.69) is 66.1 Å². The SMILES string of the molecule is C[C@@H]1CNCCc2ccc(NCCCc3ccccc3)cc21.Cl. The van der Waals surface area contributed by atoms with Crippen LogP contribution in [0.25, 0.3) is 0 Å². The molecule has 2 nitrogen and oxygen atoms in total. The summed E-state index contributed by atoms with van der Waals surface area (Å²) in [7, 11) is 0. The maximum absolute atomic E-state index is 3.59. The van der Waals surface area contributed by atoms with Crippen LogP contribution in [-0.2, 0) is 12.8 Å². The summed E-state index contributed by atoms with van der Waals surface area (Å²) in [5, 5.41) is 7.10. The molecule has 2 aromatic rings. The molecular formula is C20H27ClN2. The molecule has 0 saturated heterocycles. The molecule has 0 radical (unpaired) electrons. The van der Waals surface area contributed by atoms with Crippen molar-refractivity contribution in [1.29, 1.82) is 0 Å². The Kier molecular flexibility index (Phi) is 6.94. The van der Waals surface area contributed by atoms with Crippen LogP contribution >= 0.6 is 12.4 Å². The Balaban J connectivity index is 0.00000192. The van der Waals surface area contributed by atoms with Crippen LogP contribution in [0.3, 0.4) is 0 Å². The van der Waals surface area contributed by atoms with Crippen molar-refractivity contribution in [2.45, 2.75) is 32.1 Å². The fourth-order valence-electron chi connectivity index (χ4n) is 3.21. The molecule has 2 N–H and O–H groups in total. The minimum Gasteiger partial charge on any atom is -0.385 e. The van der Waals surface area contributed by atoms with Crippen molar-refractivity contribution in [1.82, 2.24) is 5.32 Å². The van der Waals surface area contributed by atoms with E-state index in [0.717, 1.165) is 38.9 Å². The molecular weight excluding hydrogens is 304 g/mol. The lowest BCUT2D eigenvalue weighted by Gasteiger charge is -2.15. The molecule has 3 heteroatoms. The van der Waals surface area contributed by atoms with Gasteiger partial charge in [-0.15, -0.1) is 12.4 Å². The van der Waals surface area contributed by atoms with Gasteiger partial charge in [0.25, 0.3) is 0 Å². The Morgan fingerprint density at radius 1 is 1.13 bits per heavy atom. The van der Waals surface area contributed by atoms with Crippen molar-refractivity contribution in [2.24, 2.45) is 0 Å². The summed E-state index contributed by atoms with van der Waals surface area (Å²) in [5.74, 6) is 0.601. The lowest BCUT2D eigenvalue weighted by molar-refractivity contribution is 0.644. The largest absolute Gasteiger partial charge is 0.385 e. The minimum absolute atomic E-state index is 0. The number of hydrogen-bond acceptors (Lipinski definition) is 2. The summed E-state index contributed by atoms with van der Waals surface area (Å²) in [6.07, 6.45) is 3.45. The van der Waals surface area contributed by atoms with E-state index in [1.165, 1.54) is 22.4 Å². The van der Waals surface area contributed by atoms with Gasteiger partial charge in [0, 0.05) is 18.8 Å². The number of nitrogens with one attached hydrogen (secondary N) is 2. The number of fused-ring (bicyclic) bond motifs is 1. The van der Waals surface area contributed by atoms with Crippen molar-refractivity contribution in [3.63, 3.8) is 0 Å². The highest BCUT2D eigenvalue weighted by Crippen LogP contribution is 2.25. The van der Waals surface area contributed by atoms with Gasteiger partial charge in [-0.2, -0.15) is 0 Å². The highest BCUT2D eigenvalue weighted by atomic mass is 35.5. The van der Waals surface area contributed by atoms with Crippen LogP contribution in [0.15, 0.2) is 48.5 Å². The van der Waals surface area contributed by atoms with Crippen LogP contribution in [0.2, 0.25) is 0 Å². The van der Waals surface area contributed by atoms with Gasteiger partial charge in [0.05, 0.1) is 0 Å². The van der Waals surface area contributed by atoms with Crippen LogP contribution in [0.1, 0.15) is 36.0 Å². The average molecular weight is 331 g/mol. The molecule has 0 unspecified atom stereocenters. The zero-order valence-corrected chi connectivity index (χ0v) is 14.7. The van der Waals surface area contributed by atoms with Crippen LogP contribution < -0.4 is 10.6 Å². The summed E-state index contributed by atoms with van der Waals surface area (Å²) in [6, 6.07) is 17.6. The molecule has 1 aliphatic rings. The van der Waals surface area contributed by atoms with Gasteiger partial charge in [-0.05, 0) is 60.5 Å². The smallest absolute Gasteiger partial charge is 0.0343 e. The third-order valence-corrected chi connectivity index (χ3v) is 4.51. The number of aryl methyl sites for hydroxylation is 1. The van der Waals surface area contributed by atoms with E-state index in [9.17, 15) is 0 Å². The Morgan fingerprint density at radius 2 is 1.96 bits per heavy atom. The first-order chi connectivity index (χ1) is 10.8. The molecule has 1 heterocycles. The molecule has 3 rings (SSSR count). The van der Waals surface area contributed by atoms with Crippen molar-refractivity contribution >= 4 is 18.1 Å². The monoisotopic (exact) mass is 330 g/mol. The lowest BCUT2D eigenvalue weighted by Crippen LogP contribution is -2.18. The molecule has 0 saturated carbocycles. The standard InChI is InChI=1S/C20H26N2.ClH/c1-16-15-21-13-11-18-9-10-19(14-20(16)18)22-12-5-8-17-6-3-2-4-7-17;/h2-4,6-7,9-10,14,16,21-22H,5,8,11-13,15H2,1H3;1H/t16-;/m1./s1. The van der Waals surface area contributed by atoms with Gasteiger partial charge in [0.1, 0.15) is 0 Å². The van der Waals surface area contributed by atoms with Gasteiger partial charge in [-0.1, -0.05) is 43.3 Å². The molecule has 1 atom stereocenters. The number of rotatable bonds is 5. The average Bonchev–Trinajstić information content (AvgIpc) is 2.74. The van der Waals surface area contributed by atoms with E-state index < -0.39 is 0 Å². The zero-order valence-electron chi connectivity index (χ0n) is 13.8. The molecule has 1 aliphatic heterocycles. The van der Waals surface area contributed by atoms with Crippen LogP contribution in [0.5, 0.6) is 0 Å². The molecule has 0 bridgehead atoms.